The van der Waals surface area contributed by atoms with Gasteiger partial charge in [-0.05, 0) is 32.4 Å². The summed E-state index contributed by atoms with van der Waals surface area (Å²) in [4.78, 5) is 27.3. The number of hydrogen-bond donors (Lipinski definition) is 2. The van der Waals surface area contributed by atoms with Crippen LogP contribution in [0.25, 0.3) is 22.3 Å². The highest BCUT2D eigenvalue weighted by Gasteiger charge is 2.48. The Morgan fingerprint density at radius 1 is 1.32 bits per heavy atom. The van der Waals surface area contributed by atoms with Gasteiger partial charge >= 0.3 is 6.09 Å². The van der Waals surface area contributed by atoms with E-state index in [1.165, 1.54) is 19.4 Å². The van der Waals surface area contributed by atoms with Gasteiger partial charge in [0, 0.05) is 36.5 Å². The van der Waals surface area contributed by atoms with Crippen molar-refractivity contribution in [2.45, 2.75) is 63.7 Å². The molecule has 3 fully saturated rings. The summed E-state index contributed by atoms with van der Waals surface area (Å²) in [7, 11) is 1.36. The first-order valence-corrected chi connectivity index (χ1v) is 13.8. The molecule has 0 radical (unpaired) electrons. The maximum atomic E-state index is 15.6. The molecule has 2 N–H and O–H groups in total. The number of methoxy groups -OCH3 is 1. The summed E-state index contributed by atoms with van der Waals surface area (Å²) < 4.78 is 33.8. The van der Waals surface area contributed by atoms with Crippen molar-refractivity contribution in [2.75, 3.05) is 32.1 Å². The summed E-state index contributed by atoms with van der Waals surface area (Å²) in [6, 6.07) is 2.78. The number of anilines is 1. The van der Waals surface area contributed by atoms with Gasteiger partial charge in [0.15, 0.2) is 12.1 Å². The summed E-state index contributed by atoms with van der Waals surface area (Å²) in [5.74, 6) is 0.270. The fourth-order valence-corrected chi connectivity index (χ4v) is 6.22. The molecule has 2 aromatic heterocycles. The molecule has 0 unspecified atom stereocenters. The van der Waals surface area contributed by atoms with E-state index in [9.17, 15) is 9.90 Å². The maximum absolute atomic E-state index is 15.6. The standard InChI is InChI=1S/C27H32ClFN6O5/c1-12(2)35-18-8-15(7-17(29)22(18)31-24(35)14-5-6-34(10-14)27(37)38-4)21-16(28)9-30-26(33-21)32-20-13(3)25-39-11-19(40-25)23(20)36/h7-9,12-14,19-20,23,25,36H,5-6,10-11H2,1-4H3,(H,30,32,33)/t13-,14+,19-,20+,23+,25-/m0/s1. The molecule has 40 heavy (non-hydrogen) atoms. The van der Waals surface area contributed by atoms with Gasteiger partial charge in [-0.25, -0.2) is 24.1 Å². The van der Waals surface area contributed by atoms with E-state index in [-0.39, 0.29) is 40.5 Å². The van der Waals surface area contributed by atoms with E-state index in [0.717, 1.165) is 5.82 Å². The minimum atomic E-state index is -0.810. The van der Waals surface area contributed by atoms with Crippen LogP contribution >= 0.6 is 11.6 Å². The molecule has 11 nitrogen and oxygen atoms in total. The molecule has 3 aliphatic rings. The molecule has 6 rings (SSSR count). The normalized spacial score (nSPS) is 28.1. The van der Waals surface area contributed by atoms with Crippen molar-refractivity contribution >= 4 is 34.7 Å². The smallest absolute Gasteiger partial charge is 0.409 e. The Balaban J connectivity index is 1.35. The highest BCUT2D eigenvalue weighted by Crippen LogP contribution is 2.37. The van der Waals surface area contributed by atoms with Crippen LogP contribution in [0.2, 0.25) is 5.02 Å². The summed E-state index contributed by atoms with van der Waals surface area (Å²) >= 11 is 6.52. The van der Waals surface area contributed by atoms with Crippen LogP contribution in [0.5, 0.6) is 0 Å². The van der Waals surface area contributed by atoms with Gasteiger partial charge in [0.25, 0.3) is 0 Å². The average molecular weight is 575 g/mol. The molecule has 214 valence electrons. The summed E-state index contributed by atoms with van der Waals surface area (Å²) in [6.07, 6.45) is 0.131. The number of imidazole rings is 1. The highest BCUT2D eigenvalue weighted by atomic mass is 35.5. The second-order valence-electron chi connectivity index (χ2n) is 10.9. The number of carbonyl (C=O) groups is 1. The van der Waals surface area contributed by atoms with Gasteiger partial charge in [-0.3, -0.25) is 0 Å². The van der Waals surface area contributed by atoms with Crippen LogP contribution in [-0.4, -0.2) is 87.0 Å². The summed E-state index contributed by atoms with van der Waals surface area (Å²) in [6.45, 7) is 7.28. The fourth-order valence-electron chi connectivity index (χ4n) is 6.02. The van der Waals surface area contributed by atoms with E-state index in [1.54, 1.807) is 4.90 Å². The molecule has 2 bridgehead atoms. The molecule has 13 heteroatoms. The Kier molecular flexibility index (Phi) is 7.06. The Morgan fingerprint density at radius 3 is 2.88 bits per heavy atom. The van der Waals surface area contributed by atoms with Crippen LogP contribution in [-0.2, 0) is 14.2 Å². The van der Waals surface area contributed by atoms with Gasteiger partial charge in [-0.2, -0.15) is 0 Å². The number of amides is 1. The van der Waals surface area contributed by atoms with Gasteiger partial charge in [-0.15, -0.1) is 0 Å². The Hall–Kier alpha value is -3.06. The third kappa shape index (κ3) is 4.56. The minimum absolute atomic E-state index is 0.0194. The lowest BCUT2D eigenvalue weighted by atomic mass is 9.91. The van der Waals surface area contributed by atoms with E-state index < -0.39 is 30.4 Å². The molecule has 1 aromatic carbocycles. The average Bonchev–Trinajstić information content (AvgIpc) is 3.68. The zero-order valence-electron chi connectivity index (χ0n) is 22.7. The number of halogens is 2. The first kappa shape index (κ1) is 27.1. The van der Waals surface area contributed by atoms with Gasteiger partial charge in [0.2, 0.25) is 5.95 Å². The monoisotopic (exact) mass is 574 g/mol. The molecule has 6 atom stereocenters. The second-order valence-corrected chi connectivity index (χ2v) is 11.4. The first-order chi connectivity index (χ1) is 19.2. The number of carbonyl (C=O) groups excluding carboxylic acids is 1. The topological polar surface area (TPSA) is 124 Å². The van der Waals surface area contributed by atoms with Crippen LogP contribution in [0.3, 0.4) is 0 Å². The molecule has 3 aliphatic heterocycles. The Labute approximate surface area is 235 Å². The molecule has 5 heterocycles. The lowest BCUT2D eigenvalue weighted by Crippen LogP contribution is -2.53. The summed E-state index contributed by atoms with van der Waals surface area (Å²) in [5.41, 5.74) is 1.69. The SMILES string of the molecule is COC(=O)N1CC[C@@H](c2nc3c(F)cc(-c4nc(N[C@@H]5[C@H](C)[C@H]6OC[C@H](O6)[C@H]5O)ncc4Cl)cc3n2C(C)C)C1. The Morgan fingerprint density at radius 2 is 2.12 bits per heavy atom. The lowest BCUT2D eigenvalue weighted by molar-refractivity contribution is -0.154. The van der Waals surface area contributed by atoms with Gasteiger partial charge < -0.3 is 34.1 Å². The van der Waals surface area contributed by atoms with Crippen molar-refractivity contribution in [2.24, 2.45) is 5.92 Å². The Bertz CT molecular complexity index is 1440. The lowest BCUT2D eigenvalue weighted by Gasteiger charge is -2.37. The van der Waals surface area contributed by atoms with Crippen molar-refractivity contribution < 1.29 is 28.5 Å². The zero-order valence-corrected chi connectivity index (χ0v) is 23.4. The third-order valence-electron chi connectivity index (χ3n) is 8.07. The van der Waals surface area contributed by atoms with Crippen molar-refractivity contribution in [3.05, 3.63) is 35.0 Å². The predicted molar refractivity (Wildman–Crippen MR) is 145 cm³/mol. The molecular weight excluding hydrogens is 543 g/mol. The number of aromatic nitrogens is 4. The van der Waals surface area contributed by atoms with Crippen LogP contribution in [0.1, 0.15) is 45.0 Å². The second kappa shape index (κ2) is 10.4. The third-order valence-corrected chi connectivity index (χ3v) is 8.35. The number of nitrogens with one attached hydrogen (secondary N) is 1. The molecule has 0 aliphatic carbocycles. The van der Waals surface area contributed by atoms with E-state index >= 15 is 4.39 Å². The van der Waals surface area contributed by atoms with Crippen molar-refractivity contribution in [1.82, 2.24) is 24.4 Å². The quantitative estimate of drug-likeness (QED) is 0.466. The molecule has 0 spiro atoms. The number of fused-ring (bicyclic) bond motifs is 3. The summed E-state index contributed by atoms with van der Waals surface area (Å²) in [5, 5.41) is 14.3. The number of aliphatic hydroxyl groups excluding tert-OH is 1. The van der Waals surface area contributed by atoms with Gasteiger partial charge in [0.05, 0.1) is 42.2 Å². The predicted octanol–water partition coefficient (Wildman–Crippen LogP) is 3.96. The van der Waals surface area contributed by atoms with Crippen LogP contribution < -0.4 is 5.32 Å². The molecule has 0 saturated carbocycles. The molecule has 1 amide bonds. The largest absolute Gasteiger partial charge is 0.453 e. The van der Waals surface area contributed by atoms with E-state index in [4.69, 9.17) is 30.8 Å². The van der Waals surface area contributed by atoms with Crippen molar-refractivity contribution in [3.8, 4) is 11.3 Å². The van der Waals surface area contributed by atoms with Crippen LogP contribution in [0, 0.1) is 11.7 Å². The van der Waals surface area contributed by atoms with Crippen LogP contribution in [0.15, 0.2) is 18.3 Å². The number of hydrogen-bond acceptors (Lipinski definition) is 9. The van der Waals surface area contributed by atoms with Gasteiger partial charge in [-0.1, -0.05) is 18.5 Å². The minimum Gasteiger partial charge on any atom is -0.453 e. The number of nitrogens with zero attached hydrogens (tertiary/aromatic N) is 5. The number of rotatable bonds is 5. The molecular formula is C27H32ClFN6O5. The van der Waals surface area contributed by atoms with E-state index in [2.05, 4.69) is 15.3 Å². The molecule has 3 saturated heterocycles. The van der Waals surface area contributed by atoms with E-state index in [1.807, 2.05) is 31.4 Å². The van der Waals surface area contributed by atoms with E-state index in [0.29, 0.717) is 42.9 Å². The highest BCUT2D eigenvalue weighted by molar-refractivity contribution is 6.33. The van der Waals surface area contributed by atoms with Gasteiger partial charge in [0.1, 0.15) is 23.5 Å². The van der Waals surface area contributed by atoms with Crippen LogP contribution in [0.4, 0.5) is 15.1 Å². The number of ether oxygens (including phenoxy) is 3. The first-order valence-electron chi connectivity index (χ1n) is 13.4. The van der Waals surface area contributed by atoms with Crippen molar-refractivity contribution in [3.63, 3.8) is 0 Å². The number of benzene rings is 1. The molecule has 3 aromatic rings. The number of aliphatic hydroxyl groups is 1. The fraction of sp³-hybridized carbons (Fsp3) is 0.556. The zero-order chi connectivity index (χ0) is 28.3. The van der Waals surface area contributed by atoms with Crippen molar-refractivity contribution in [1.29, 1.82) is 0 Å². The number of likely N-dealkylation sites (tertiary alicyclic amines) is 1. The maximum Gasteiger partial charge on any atom is 0.409 e.